The van der Waals surface area contributed by atoms with Crippen LogP contribution in [0.5, 0.6) is 11.8 Å². The van der Waals surface area contributed by atoms with Crippen molar-refractivity contribution in [3.05, 3.63) is 36.7 Å². The van der Waals surface area contributed by atoms with Gasteiger partial charge in [0, 0.05) is 18.9 Å². The lowest BCUT2D eigenvalue weighted by molar-refractivity contribution is -0.130. The second kappa shape index (κ2) is 8.74. The van der Waals surface area contributed by atoms with E-state index in [2.05, 4.69) is 15.0 Å². The van der Waals surface area contributed by atoms with Crippen LogP contribution in [0.15, 0.2) is 41.0 Å². The normalized spacial score (nSPS) is 16.9. The molecular formula is C19H20N4O3S2. The molecule has 0 N–H and O–H groups in total. The molecule has 1 unspecified atom stereocenters. The molecule has 1 fully saturated rings. The highest BCUT2D eigenvalue weighted by atomic mass is 32.2. The van der Waals surface area contributed by atoms with Crippen molar-refractivity contribution in [2.45, 2.75) is 23.3 Å². The maximum Gasteiger partial charge on any atom is 0.278 e. The summed E-state index contributed by atoms with van der Waals surface area (Å²) >= 11 is 3.11. The number of thiazole rings is 1. The van der Waals surface area contributed by atoms with Crippen LogP contribution in [-0.2, 0) is 4.79 Å². The van der Waals surface area contributed by atoms with E-state index in [0.717, 1.165) is 33.9 Å². The van der Waals surface area contributed by atoms with Crippen LogP contribution in [0.4, 0.5) is 0 Å². The summed E-state index contributed by atoms with van der Waals surface area (Å²) < 4.78 is 13.2. The molecule has 0 bridgehead atoms. The highest BCUT2D eigenvalue weighted by Crippen LogP contribution is 2.30. The van der Waals surface area contributed by atoms with Crippen molar-refractivity contribution in [3.63, 3.8) is 0 Å². The molecule has 1 atom stereocenters. The number of ether oxygens (including phenoxy) is 2. The maximum atomic E-state index is 12.7. The van der Waals surface area contributed by atoms with Gasteiger partial charge in [0.2, 0.25) is 5.91 Å². The average molecular weight is 417 g/mol. The number of para-hydroxylation sites is 1. The summed E-state index contributed by atoms with van der Waals surface area (Å²) in [4.78, 5) is 27.4. The molecule has 1 aromatic carbocycles. The van der Waals surface area contributed by atoms with Crippen molar-refractivity contribution >= 4 is 39.2 Å². The zero-order valence-corrected chi connectivity index (χ0v) is 17.0. The monoisotopic (exact) mass is 416 g/mol. The lowest BCUT2D eigenvalue weighted by Crippen LogP contribution is -2.45. The predicted molar refractivity (Wildman–Crippen MR) is 109 cm³/mol. The highest BCUT2D eigenvalue weighted by Gasteiger charge is 2.26. The number of hydrogen-bond donors (Lipinski definition) is 0. The zero-order valence-electron chi connectivity index (χ0n) is 15.4. The van der Waals surface area contributed by atoms with Gasteiger partial charge in [-0.05, 0) is 25.0 Å². The summed E-state index contributed by atoms with van der Waals surface area (Å²) in [6.07, 6.45) is 4.77. The standard InChI is InChI=1S/C19H20N4O3S2/c1-25-17-18(21-9-8-20-17)26-13-5-4-10-23(11-13)16(24)12-27-19-22-14-6-2-3-7-15(14)28-19/h2-3,6-9,13H,4-5,10-12H2,1H3. The third-order valence-corrected chi connectivity index (χ3v) is 6.59. The number of carbonyl (C=O) groups excluding carboxylic acids is 1. The van der Waals surface area contributed by atoms with Gasteiger partial charge in [0.25, 0.3) is 11.8 Å². The van der Waals surface area contributed by atoms with Gasteiger partial charge in [0.1, 0.15) is 6.10 Å². The van der Waals surface area contributed by atoms with Crippen LogP contribution >= 0.6 is 23.1 Å². The fourth-order valence-corrected chi connectivity index (χ4v) is 5.05. The van der Waals surface area contributed by atoms with Crippen LogP contribution in [-0.4, -0.2) is 57.8 Å². The molecular weight excluding hydrogens is 396 g/mol. The van der Waals surface area contributed by atoms with Crippen molar-refractivity contribution in [3.8, 4) is 11.8 Å². The molecule has 146 valence electrons. The minimum atomic E-state index is -0.115. The summed E-state index contributed by atoms with van der Waals surface area (Å²) in [5, 5.41) is 0. The van der Waals surface area contributed by atoms with E-state index in [9.17, 15) is 4.79 Å². The fourth-order valence-electron chi connectivity index (χ4n) is 3.08. The first kappa shape index (κ1) is 18.9. The Balaban J connectivity index is 1.34. The second-order valence-corrected chi connectivity index (χ2v) is 8.58. The summed E-state index contributed by atoms with van der Waals surface area (Å²) in [5.41, 5.74) is 0.979. The van der Waals surface area contributed by atoms with Crippen molar-refractivity contribution in [2.24, 2.45) is 0 Å². The number of fused-ring (bicyclic) bond motifs is 1. The van der Waals surface area contributed by atoms with Gasteiger partial charge in [-0.15, -0.1) is 11.3 Å². The van der Waals surface area contributed by atoms with Gasteiger partial charge >= 0.3 is 0 Å². The van der Waals surface area contributed by atoms with Gasteiger partial charge in [0.15, 0.2) is 4.34 Å². The van der Waals surface area contributed by atoms with E-state index >= 15 is 0 Å². The van der Waals surface area contributed by atoms with Crippen LogP contribution in [0.25, 0.3) is 10.2 Å². The van der Waals surface area contributed by atoms with Gasteiger partial charge < -0.3 is 14.4 Å². The molecule has 0 aliphatic carbocycles. The van der Waals surface area contributed by atoms with Crippen LogP contribution in [0.2, 0.25) is 0 Å². The van der Waals surface area contributed by atoms with Gasteiger partial charge in [0.05, 0.1) is 29.6 Å². The number of carbonyl (C=O) groups is 1. The number of likely N-dealkylation sites (tertiary alicyclic amines) is 1. The molecule has 1 aliphatic heterocycles. The van der Waals surface area contributed by atoms with Crippen molar-refractivity contribution in [1.82, 2.24) is 19.9 Å². The fraction of sp³-hybridized carbons (Fsp3) is 0.368. The highest BCUT2D eigenvalue weighted by molar-refractivity contribution is 8.01. The van der Waals surface area contributed by atoms with Gasteiger partial charge in [-0.25, -0.2) is 15.0 Å². The minimum Gasteiger partial charge on any atom is -0.477 e. The van der Waals surface area contributed by atoms with E-state index in [4.69, 9.17) is 9.47 Å². The SMILES string of the molecule is COc1nccnc1OC1CCCN(C(=O)CSc2nc3ccccc3s2)C1. The number of aromatic nitrogens is 3. The summed E-state index contributed by atoms with van der Waals surface area (Å²) in [6, 6.07) is 8.01. The van der Waals surface area contributed by atoms with Crippen molar-refractivity contribution < 1.29 is 14.3 Å². The molecule has 1 aliphatic rings. The summed E-state index contributed by atoms with van der Waals surface area (Å²) in [6.45, 7) is 1.29. The number of benzene rings is 1. The van der Waals surface area contributed by atoms with Gasteiger partial charge in [-0.2, -0.15) is 0 Å². The molecule has 1 amide bonds. The molecule has 3 aromatic rings. The molecule has 0 saturated carbocycles. The number of piperidine rings is 1. The number of hydrogen-bond acceptors (Lipinski definition) is 8. The Morgan fingerprint density at radius 3 is 2.93 bits per heavy atom. The molecule has 4 rings (SSSR count). The first-order chi connectivity index (χ1) is 13.7. The molecule has 7 nitrogen and oxygen atoms in total. The van der Waals surface area contributed by atoms with E-state index in [1.54, 1.807) is 23.7 Å². The third-order valence-electron chi connectivity index (χ3n) is 4.43. The number of methoxy groups -OCH3 is 1. The van der Waals surface area contributed by atoms with Crippen LogP contribution in [0.3, 0.4) is 0 Å². The molecule has 0 spiro atoms. The first-order valence-corrected chi connectivity index (χ1v) is 10.8. The predicted octanol–water partition coefficient (Wildman–Crippen LogP) is 3.26. The molecule has 28 heavy (non-hydrogen) atoms. The summed E-state index contributed by atoms with van der Waals surface area (Å²) in [7, 11) is 1.53. The van der Waals surface area contributed by atoms with E-state index in [0.29, 0.717) is 24.1 Å². The van der Waals surface area contributed by atoms with Crippen LogP contribution < -0.4 is 9.47 Å². The number of amides is 1. The number of rotatable bonds is 6. The van der Waals surface area contributed by atoms with Crippen molar-refractivity contribution in [1.29, 1.82) is 0 Å². The van der Waals surface area contributed by atoms with E-state index < -0.39 is 0 Å². The maximum absolute atomic E-state index is 12.7. The van der Waals surface area contributed by atoms with Crippen LogP contribution in [0, 0.1) is 0 Å². The van der Waals surface area contributed by atoms with E-state index in [1.165, 1.54) is 18.9 Å². The smallest absolute Gasteiger partial charge is 0.278 e. The second-order valence-electron chi connectivity index (χ2n) is 6.33. The molecule has 3 heterocycles. The molecule has 0 radical (unpaired) electrons. The lowest BCUT2D eigenvalue weighted by Gasteiger charge is -2.32. The minimum absolute atomic E-state index is 0.101. The molecule has 9 heteroatoms. The van der Waals surface area contributed by atoms with Crippen LogP contribution in [0.1, 0.15) is 12.8 Å². The Bertz CT molecular complexity index is 932. The topological polar surface area (TPSA) is 77.4 Å². The Morgan fingerprint density at radius 1 is 1.29 bits per heavy atom. The third kappa shape index (κ3) is 4.36. The Labute approximate surface area is 171 Å². The van der Waals surface area contributed by atoms with E-state index in [1.807, 2.05) is 29.2 Å². The van der Waals surface area contributed by atoms with Gasteiger partial charge in [-0.1, -0.05) is 23.9 Å². The number of thioether (sulfide) groups is 1. The Morgan fingerprint density at radius 2 is 2.11 bits per heavy atom. The molecule has 2 aromatic heterocycles. The number of nitrogens with zero attached hydrogens (tertiary/aromatic N) is 4. The molecule has 1 saturated heterocycles. The quantitative estimate of drug-likeness (QED) is 0.571. The first-order valence-electron chi connectivity index (χ1n) is 9.00. The lowest BCUT2D eigenvalue weighted by atomic mass is 10.1. The largest absolute Gasteiger partial charge is 0.477 e. The zero-order chi connectivity index (χ0) is 19.3. The van der Waals surface area contributed by atoms with E-state index in [-0.39, 0.29) is 12.0 Å². The summed E-state index contributed by atoms with van der Waals surface area (Å²) in [5.74, 6) is 1.20. The van der Waals surface area contributed by atoms with Crippen molar-refractivity contribution in [2.75, 3.05) is 26.0 Å². The Hall–Kier alpha value is -2.39. The average Bonchev–Trinajstić information content (AvgIpc) is 3.15. The Kier molecular flexibility index (Phi) is 5.92. The van der Waals surface area contributed by atoms with Gasteiger partial charge in [-0.3, -0.25) is 4.79 Å².